The van der Waals surface area contributed by atoms with E-state index in [-0.39, 0.29) is 6.42 Å². The fourth-order valence-electron chi connectivity index (χ4n) is 0.416. The van der Waals surface area contributed by atoms with Crippen LogP contribution in [-0.2, 0) is 0 Å². The number of hydrogen-bond acceptors (Lipinski definition) is 1. The molecule has 1 nitrogen and oxygen atoms in total. The Kier molecular flexibility index (Phi) is 2.77. The predicted octanol–water partition coefficient (Wildman–Crippen LogP) is 1.54. The molecule has 0 rings (SSSR count). The van der Waals surface area contributed by atoms with Crippen molar-refractivity contribution in [3.05, 3.63) is 12.7 Å². The Morgan fingerprint density at radius 1 is 1.78 bits per heavy atom. The second-order valence-corrected chi connectivity index (χ2v) is 2.31. The second kappa shape index (κ2) is 2.92. The topological polar surface area (TPSA) is 26.0 Å². The van der Waals surface area contributed by atoms with Crippen molar-refractivity contribution in [2.75, 3.05) is 0 Å². The molecule has 0 aromatic rings. The molecule has 0 aromatic carbocycles. The molecule has 0 amide bonds. The van der Waals surface area contributed by atoms with Gasteiger partial charge in [0, 0.05) is 12.0 Å². The lowest BCUT2D eigenvalue weighted by atomic mass is 10.0. The quantitative estimate of drug-likeness (QED) is 0.584. The van der Waals surface area contributed by atoms with Crippen LogP contribution >= 0.6 is 0 Å². The van der Waals surface area contributed by atoms with Gasteiger partial charge in [-0.1, -0.05) is 6.08 Å². The van der Waals surface area contributed by atoms with Crippen molar-refractivity contribution in [1.29, 1.82) is 0 Å². The highest BCUT2D eigenvalue weighted by Crippen LogP contribution is 2.12. The molecule has 0 aliphatic carbocycles. The summed E-state index contributed by atoms with van der Waals surface area (Å²) in [6.45, 7) is 4.85. The number of nitrogens with two attached hydrogens (primary N) is 1. The second-order valence-electron chi connectivity index (χ2n) is 2.31. The summed E-state index contributed by atoms with van der Waals surface area (Å²) in [7, 11) is 0. The molecule has 0 fully saturated rings. The fourth-order valence-corrected chi connectivity index (χ4v) is 0.416. The van der Waals surface area contributed by atoms with E-state index in [1.54, 1.807) is 0 Å². The lowest BCUT2D eigenvalue weighted by molar-refractivity contribution is 0.119. The molecular formula is C6H11F2N. The smallest absolute Gasteiger partial charge is 0.240 e. The highest BCUT2D eigenvalue weighted by Gasteiger charge is 2.18. The summed E-state index contributed by atoms with van der Waals surface area (Å²) in [5, 5.41) is 0. The van der Waals surface area contributed by atoms with Gasteiger partial charge < -0.3 is 5.73 Å². The predicted molar refractivity (Wildman–Crippen MR) is 33.4 cm³/mol. The summed E-state index contributed by atoms with van der Waals surface area (Å²) < 4.78 is 23.2. The Morgan fingerprint density at radius 2 is 2.22 bits per heavy atom. The minimum atomic E-state index is -2.35. The normalized spacial score (nSPS) is 17.4. The lowest BCUT2D eigenvalue weighted by Gasteiger charge is -2.18. The van der Waals surface area contributed by atoms with E-state index in [1.807, 2.05) is 0 Å². The van der Waals surface area contributed by atoms with Gasteiger partial charge in [-0.2, -0.15) is 0 Å². The Bertz CT molecular complexity index is 99.2. The first-order valence-electron chi connectivity index (χ1n) is 2.68. The van der Waals surface area contributed by atoms with Crippen molar-refractivity contribution in [2.24, 2.45) is 5.73 Å². The minimum absolute atomic E-state index is 0.323. The van der Waals surface area contributed by atoms with Crippen LogP contribution in [0.15, 0.2) is 12.7 Å². The zero-order valence-corrected chi connectivity index (χ0v) is 5.40. The first-order chi connectivity index (χ1) is 3.98. The largest absolute Gasteiger partial charge is 0.322 e. The van der Waals surface area contributed by atoms with Crippen molar-refractivity contribution >= 4 is 0 Å². The van der Waals surface area contributed by atoms with Crippen LogP contribution in [0.25, 0.3) is 0 Å². The van der Waals surface area contributed by atoms with Crippen molar-refractivity contribution < 1.29 is 8.78 Å². The average Bonchev–Trinajstić information content (AvgIpc) is 1.63. The first kappa shape index (κ1) is 8.56. The van der Waals surface area contributed by atoms with Crippen LogP contribution in [-0.4, -0.2) is 12.0 Å². The molecule has 54 valence electrons. The van der Waals surface area contributed by atoms with Gasteiger partial charge >= 0.3 is 0 Å². The van der Waals surface area contributed by atoms with Gasteiger partial charge in [-0.3, -0.25) is 0 Å². The van der Waals surface area contributed by atoms with E-state index in [4.69, 9.17) is 5.73 Å². The van der Waals surface area contributed by atoms with Crippen LogP contribution in [0.2, 0.25) is 0 Å². The van der Waals surface area contributed by atoms with Crippen LogP contribution in [0.3, 0.4) is 0 Å². The van der Waals surface area contributed by atoms with Gasteiger partial charge in [0.15, 0.2) is 0 Å². The van der Waals surface area contributed by atoms with Crippen LogP contribution in [0.4, 0.5) is 8.78 Å². The van der Waals surface area contributed by atoms with Gasteiger partial charge in [0.05, 0.1) is 0 Å². The van der Waals surface area contributed by atoms with Gasteiger partial charge in [-0.25, -0.2) is 8.78 Å². The van der Waals surface area contributed by atoms with Gasteiger partial charge in [-0.15, -0.1) is 6.58 Å². The van der Waals surface area contributed by atoms with Gasteiger partial charge in [-0.05, 0) is 6.92 Å². The van der Waals surface area contributed by atoms with E-state index >= 15 is 0 Å². The lowest BCUT2D eigenvalue weighted by Crippen LogP contribution is -2.35. The SMILES string of the molecule is C=CC(C)(N)CC(F)F. The van der Waals surface area contributed by atoms with E-state index in [0.29, 0.717) is 0 Å². The Labute approximate surface area is 53.5 Å². The maximum atomic E-state index is 11.6. The molecule has 1 unspecified atom stereocenters. The Morgan fingerprint density at radius 3 is 2.33 bits per heavy atom. The van der Waals surface area contributed by atoms with Crippen molar-refractivity contribution in [2.45, 2.75) is 25.3 Å². The zero-order valence-electron chi connectivity index (χ0n) is 5.40. The van der Waals surface area contributed by atoms with Crippen LogP contribution in [0, 0.1) is 0 Å². The van der Waals surface area contributed by atoms with Crippen molar-refractivity contribution in [1.82, 2.24) is 0 Å². The molecular weight excluding hydrogens is 124 g/mol. The van der Waals surface area contributed by atoms with E-state index in [0.717, 1.165) is 0 Å². The fraction of sp³-hybridized carbons (Fsp3) is 0.667. The van der Waals surface area contributed by atoms with Crippen molar-refractivity contribution in [3.8, 4) is 0 Å². The monoisotopic (exact) mass is 135 g/mol. The molecule has 0 heterocycles. The molecule has 0 aromatic heterocycles. The van der Waals surface area contributed by atoms with E-state index in [1.165, 1.54) is 13.0 Å². The third kappa shape index (κ3) is 4.09. The highest BCUT2D eigenvalue weighted by molar-refractivity contribution is 4.96. The Hall–Kier alpha value is -0.440. The molecule has 0 aliphatic heterocycles. The summed E-state index contributed by atoms with van der Waals surface area (Å²) in [5.74, 6) is 0. The van der Waals surface area contributed by atoms with Crippen LogP contribution in [0.1, 0.15) is 13.3 Å². The standard InChI is InChI=1S/C6H11F2N/c1-3-6(2,9)4-5(7)8/h3,5H,1,4,9H2,2H3. The molecule has 3 heteroatoms. The molecule has 9 heavy (non-hydrogen) atoms. The molecule has 2 N–H and O–H groups in total. The summed E-state index contributed by atoms with van der Waals surface area (Å²) in [6.07, 6.45) is -1.34. The average molecular weight is 135 g/mol. The summed E-state index contributed by atoms with van der Waals surface area (Å²) in [5.41, 5.74) is 4.40. The summed E-state index contributed by atoms with van der Waals surface area (Å²) >= 11 is 0. The third-order valence-electron chi connectivity index (χ3n) is 1.06. The molecule has 1 atom stereocenters. The van der Waals surface area contributed by atoms with E-state index in [9.17, 15) is 8.78 Å². The summed E-state index contributed by atoms with van der Waals surface area (Å²) in [6, 6.07) is 0. The number of alkyl halides is 2. The van der Waals surface area contributed by atoms with Crippen LogP contribution < -0.4 is 5.73 Å². The maximum Gasteiger partial charge on any atom is 0.240 e. The van der Waals surface area contributed by atoms with Gasteiger partial charge in [0.2, 0.25) is 6.43 Å². The van der Waals surface area contributed by atoms with E-state index in [2.05, 4.69) is 6.58 Å². The molecule has 0 saturated heterocycles. The molecule has 0 spiro atoms. The van der Waals surface area contributed by atoms with Crippen LogP contribution in [0.5, 0.6) is 0 Å². The minimum Gasteiger partial charge on any atom is -0.322 e. The first-order valence-corrected chi connectivity index (χ1v) is 2.68. The maximum absolute atomic E-state index is 11.6. The van der Waals surface area contributed by atoms with Gasteiger partial charge in [0.1, 0.15) is 0 Å². The zero-order chi connectivity index (χ0) is 7.49. The summed E-state index contributed by atoms with van der Waals surface area (Å²) in [4.78, 5) is 0. The van der Waals surface area contributed by atoms with E-state index < -0.39 is 12.0 Å². The number of halogens is 2. The van der Waals surface area contributed by atoms with Gasteiger partial charge in [0.25, 0.3) is 0 Å². The van der Waals surface area contributed by atoms with Crippen molar-refractivity contribution in [3.63, 3.8) is 0 Å². The number of hydrogen-bond donors (Lipinski definition) is 1. The molecule has 0 aliphatic rings. The Balaban J connectivity index is 3.71. The molecule has 0 radical (unpaired) electrons. The third-order valence-corrected chi connectivity index (χ3v) is 1.06. The molecule has 0 saturated carbocycles. The molecule has 0 bridgehead atoms. The number of rotatable bonds is 3. The highest BCUT2D eigenvalue weighted by atomic mass is 19.3.